The minimum atomic E-state index is -0.605. The van der Waals surface area contributed by atoms with Crippen molar-refractivity contribution in [3.63, 3.8) is 0 Å². The molecule has 23 heavy (non-hydrogen) atoms. The molecule has 0 bridgehead atoms. The highest BCUT2D eigenvalue weighted by Crippen LogP contribution is 2.32. The minimum Gasteiger partial charge on any atom is -0.497 e. The molecule has 1 amide bonds. The summed E-state index contributed by atoms with van der Waals surface area (Å²) in [4.78, 5) is 12.6. The molecule has 120 valence electrons. The van der Waals surface area contributed by atoms with Crippen molar-refractivity contribution in [2.45, 2.75) is 12.5 Å². The summed E-state index contributed by atoms with van der Waals surface area (Å²) in [5.74, 6) is 1.00. The fourth-order valence-corrected chi connectivity index (χ4v) is 2.71. The summed E-state index contributed by atoms with van der Waals surface area (Å²) in [6, 6.07) is 13.1. The number of benzene rings is 2. The molecule has 2 aromatic carbocycles. The third-order valence-electron chi connectivity index (χ3n) is 3.90. The second kappa shape index (κ2) is 6.71. The molecule has 1 heterocycles. The van der Waals surface area contributed by atoms with Gasteiger partial charge in [0.05, 0.1) is 26.5 Å². The highest BCUT2D eigenvalue weighted by atomic mass is 16.5. The fourth-order valence-electron chi connectivity index (χ4n) is 2.71. The third kappa shape index (κ3) is 3.14. The van der Waals surface area contributed by atoms with Gasteiger partial charge in [-0.15, -0.1) is 0 Å². The van der Waals surface area contributed by atoms with Crippen molar-refractivity contribution in [2.24, 2.45) is 0 Å². The highest BCUT2D eigenvalue weighted by molar-refractivity contribution is 5.96. The van der Waals surface area contributed by atoms with Gasteiger partial charge in [-0.05, 0) is 29.7 Å². The van der Waals surface area contributed by atoms with E-state index in [1.54, 1.807) is 32.4 Å². The molecule has 0 aliphatic carbocycles. The number of methoxy groups -OCH3 is 2. The van der Waals surface area contributed by atoms with Crippen LogP contribution in [0, 0.1) is 0 Å². The maximum Gasteiger partial charge on any atom is 0.258 e. The Hall–Kier alpha value is -2.53. The Labute approximate surface area is 135 Å². The lowest BCUT2D eigenvalue weighted by Gasteiger charge is -2.25. The van der Waals surface area contributed by atoms with Crippen molar-refractivity contribution in [1.29, 1.82) is 0 Å². The van der Waals surface area contributed by atoms with Gasteiger partial charge < -0.3 is 19.5 Å². The third-order valence-corrected chi connectivity index (χ3v) is 3.90. The lowest BCUT2D eigenvalue weighted by atomic mass is 9.97. The molecule has 0 spiro atoms. The van der Waals surface area contributed by atoms with Crippen LogP contribution in [0.15, 0.2) is 42.5 Å². The van der Waals surface area contributed by atoms with E-state index in [4.69, 9.17) is 14.2 Å². The second-order valence-corrected chi connectivity index (χ2v) is 5.26. The van der Waals surface area contributed by atoms with Gasteiger partial charge in [-0.1, -0.05) is 24.3 Å². The Morgan fingerprint density at radius 1 is 1.17 bits per heavy atom. The smallest absolute Gasteiger partial charge is 0.258 e. The van der Waals surface area contributed by atoms with E-state index in [1.165, 1.54) is 0 Å². The summed E-state index contributed by atoms with van der Waals surface area (Å²) in [7, 11) is 3.14. The van der Waals surface area contributed by atoms with E-state index in [-0.39, 0.29) is 5.91 Å². The molecule has 0 aromatic heterocycles. The number of carbonyl (C=O) groups is 1. The molecule has 0 fully saturated rings. The summed E-state index contributed by atoms with van der Waals surface area (Å²) >= 11 is 0. The number of amides is 1. The monoisotopic (exact) mass is 313 g/mol. The second-order valence-electron chi connectivity index (χ2n) is 5.26. The molecule has 5 heteroatoms. The standard InChI is InChI=1S/C18H19NO4/c1-21-13-7-8-15(16(11-13)22-2)19-18(20)17-14-6-4-3-5-12(14)9-10-23-17/h3-8,11,17H,9-10H2,1-2H3,(H,19,20)/t17-/m1/s1. The van der Waals surface area contributed by atoms with Gasteiger partial charge in [-0.3, -0.25) is 4.79 Å². The van der Waals surface area contributed by atoms with Crippen LogP contribution in [0.4, 0.5) is 5.69 Å². The van der Waals surface area contributed by atoms with Crippen LogP contribution in [0.2, 0.25) is 0 Å². The van der Waals surface area contributed by atoms with Crippen molar-refractivity contribution in [3.05, 3.63) is 53.6 Å². The summed E-state index contributed by atoms with van der Waals surface area (Å²) in [5.41, 5.74) is 2.66. The van der Waals surface area contributed by atoms with Crippen molar-refractivity contribution in [3.8, 4) is 11.5 Å². The maximum absolute atomic E-state index is 12.6. The zero-order valence-corrected chi connectivity index (χ0v) is 13.2. The van der Waals surface area contributed by atoms with E-state index in [9.17, 15) is 4.79 Å². The van der Waals surface area contributed by atoms with Crippen LogP contribution in [0.3, 0.4) is 0 Å². The Balaban J connectivity index is 1.83. The van der Waals surface area contributed by atoms with Gasteiger partial charge in [-0.25, -0.2) is 0 Å². The largest absolute Gasteiger partial charge is 0.497 e. The topological polar surface area (TPSA) is 56.8 Å². The van der Waals surface area contributed by atoms with Crippen LogP contribution in [0.1, 0.15) is 17.2 Å². The Morgan fingerprint density at radius 3 is 2.78 bits per heavy atom. The van der Waals surface area contributed by atoms with Crippen LogP contribution in [0.5, 0.6) is 11.5 Å². The zero-order chi connectivity index (χ0) is 16.2. The SMILES string of the molecule is COc1ccc(NC(=O)[C@@H]2OCCc3ccccc32)c(OC)c1. The van der Waals surface area contributed by atoms with E-state index in [0.29, 0.717) is 23.8 Å². The normalized spacial score (nSPS) is 16.3. The van der Waals surface area contributed by atoms with Gasteiger partial charge in [0.2, 0.25) is 0 Å². The van der Waals surface area contributed by atoms with Crippen molar-refractivity contribution in [1.82, 2.24) is 0 Å². The number of hydrogen-bond donors (Lipinski definition) is 1. The van der Waals surface area contributed by atoms with Crippen LogP contribution >= 0.6 is 0 Å². The molecule has 1 atom stereocenters. The number of carbonyl (C=O) groups excluding carboxylic acids is 1. The predicted molar refractivity (Wildman–Crippen MR) is 87.0 cm³/mol. The van der Waals surface area contributed by atoms with E-state index in [2.05, 4.69) is 5.32 Å². The average molecular weight is 313 g/mol. The number of anilines is 1. The summed E-state index contributed by atoms with van der Waals surface area (Å²) < 4.78 is 16.2. The van der Waals surface area contributed by atoms with Crippen molar-refractivity contribution < 1.29 is 19.0 Å². The molecule has 0 unspecified atom stereocenters. The first-order valence-electron chi connectivity index (χ1n) is 7.45. The van der Waals surface area contributed by atoms with E-state index in [0.717, 1.165) is 17.5 Å². The molecule has 0 saturated carbocycles. The van der Waals surface area contributed by atoms with E-state index < -0.39 is 6.10 Å². The first-order chi connectivity index (χ1) is 11.2. The van der Waals surface area contributed by atoms with Crippen LogP contribution in [0.25, 0.3) is 0 Å². The Morgan fingerprint density at radius 2 is 2.00 bits per heavy atom. The van der Waals surface area contributed by atoms with Gasteiger partial charge in [0.15, 0.2) is 6.10 Å². The van der Waals surface area contributed by atoms with Gasteiger partial charge in [0.1, 0.15) is 11.5 Å². The number of nitrogens with one attached hydrogen (secondary N) is 1. The fraction of sp³-hybridized carbons (Fsp3) is 0.278. The molecular formula is C18H19NO4. The van der Waals surface area contributed by atoms with Crippen molar-refractivity contribution in [2.75, 3.05) is 26.1 Å². The van der Waals surface area contributed by atoms with Gasteiger partial charge in [0, 0.05) is 6.07 Å². The summed E-state index contributed by atoms with van der Waals surface area (Å²) in [5, 5.41) is 2.88. The first-order valence-corrected chi connectivity index (χ1v) is 7.45. The molecular weight excluding hydrogens is 294 g/mol. The quantitative estimate of drug-likeness (QED) is 0.943. The van der Waals surface area contributed by atoms with Crippen LogP contribution < -0.4 is 14.8 Å². The lowest BCUT2D eigenvalue weighted by Crippen LogP contribution is -2.28. The lowest BCUT2D eigenvalue weighted by molar-refractivity contribution is -0.128. The summed E-state index contributed by atoms with van der Waals surface area (Å²) in [6.45, 7) is 0.537. The van der Waals surface area contributed by atoms with E-state index >= 15 is 0 Å². The number of ether oxygens (including phenoxy) is 3. The van der Waals surface area contributed by atoms with Crippen molar-refractivity contribution >= 4 is 11.6 Å². The molecule has 0 radical (unpaired) electrons. The van der Waals surface area contributed by atoms with Gasteiger partial charge in [0.25, 0.3) is 5.91 Å². The minimum absolute atomic E-state index is 0.208. The zero-order valence-electron chi connectivity index (χ0n) is 13.2. The molecule has 0 saturated heterocycles. The molecule has 3 rings (SSSR count). The maximum atomic E-state index is 12.6. The Kier molecular flexibility index (Phi) is 4.48. The summed E-state index contributed by atoms with van der Waals surface area (Å²) in [6.07, 6.45) is 0.220. The first kappa shape index (κ1) is 15.4. The number of fused-ring (bicyclic) bond motifs is 1. The molecule has 2 aromatic rings. The van der Waals surface area contributed by atoms with E-state index in [1.807, 2.05) is 24.3 Å². The molecule has 1 N–H and O–H groups in total. The number of rotatable bonds is 4. The molecule has 1 aliphatic heterocycles. The van der Waals surface area contributed by atoms with Crippen LogP contribution in [-0.2, 0) is 16.0 Å². The average Bonchev–Trinajstić information content (AvgIpc) is 2.61. The molecule has 1 aliphatic rings. The Bertz CT molecular complexity index is 714. The highest BCUT2D eigenvalue weighted by Gasteiger charge is 2.27. The predicted octanol–water partition coefficient (Wildman–Crippen LogP) is 2.96. The number of hydrogen-bond acceptors (Lipinski definition) is 4. The van der Waals surface area contributed by atoms with Crippen LogP contribution in [-0.4, -0.2) is 26.7 Å². The molecule has 5 nitrogen and oxygen atoms in total. The van der Waals surface area contributed by atoms with Gasteiger partial charge in [-0.2, -0.15) is 0 Å². The van der Waals surface area contributed by atoms with Gasteiger partial charge >= 0.3 is 0 Å².